The molecule has 50 valence electrons. The quantitative estimate of drug-likeness (QED) is 0.378. The van der Waals surface area contributed by atoms with Crippen molar-refractivity contribution in [1.82, 2.24) is 0 Å². The number of hydrogen-bond acceptors (Lipinski definition) is 0. The minimum atomic E-state index is -0.755. The van der Waals surface area contributed by atoms with Gasteiger partial charge in [-0.2, -0.15) is 0 Å². The van der Waals surface area contributed by atoms with Crippen LogP contribution in [0.5, 0.6) is 0 Å². The fourth-order valence-electron chi connectivity index (χ4n) is 0.591. The molecular formula is C8H3F2-. The maximum absolute atomic E-state index is 12.4. The Bertz CT molecular complexity index is 284. The van der Waals surface area contributed by atoms with E-state index in [1.807, 2.05) is 5.92 Å². The molecule has 0 saturated heterocycles. The monoisotopic (exact) mass is 137 g/mol. The molecule has 0 unspecified atom stereocenters. The summed E-state index contributed by atoms with van der Waals surface area (Å²) < 4.78 is 24.6. The van der Waals surface area contributed by atoms with E-state index in [4.69, 9.17) is 6.42 Å². The van der Waals surface area contributed by atoms with Crippen LogP contribution in [0, 0.1) is 24.0 Å². The number of halogens is 2. The molecule has 0 aliphatic carbocycles. The van der Waals surface area contributed by atoms with Crippen LogP contribution in [0.1, 0.15) is 5.56 Å². The third-order valence-electron chi connectivity index (χ3n) is 1.07. The molecule has 0 aliphatic heterocycles. The van der Waals surface area contributed by atoms with Gasteiger partial charge in [0.25, 0.3) is 0 Å². The molecule has 1 rings (SSSR count). The van der Waals surface area contributed by atoms with Crippen LogP contribution < -0.4 is 0 Å². The maximum atomic E-state index is 12.4. The summed E-state index contributed by atoms with van der Waals surface area (Å²) in [5, 5.41) is 0. The summed E-state index contributed by atoms with van der Waals surface area (Å²) in [7, 11) is 0. The van der Waals surface area contributed by atoms with Crippen LogP contribution in [0.2, 0.25) is 0 Å². The van der Waals surface area contributed by atoms with E-state index in [0.29, 0.717) is 0 Å². The summed E-state index contributed by atoms with van der Waals surface area (Å²) in [6, 6.07) is 2.97. The normalized spacial score (nSPS) is 8.90. The van der Waals surface area contributed by atoms with E-state index in [1.165, 1.54) is 0 Å². The molecule has 0 aromatic heterocycles. The van der Waals surface area contributed by atoms with E-state index in [2.05, 4.69) is 0 Å². The minimum absolute atomic E-state index is 0.0265. The Labute approximate surface area is 57.5 Å². The standard InChI is InChI=1S/C8H3F2/c1-2-6-3-4-7(9)5-8(6)10/h3-5H/q-1. The fourth-order valence-corrected chi connectivity index (χ4v) is 0.591. The molecule has 2 heteroatoms. The van der Waals surface area contributed by atoms with Crippen LogP contribution in [0.15, 0.2) is 18.2 Å². The van der Waals surface area contributed by atoms with Crippen LogP contribution in [0.25, 0.3) is 0 Å². The van der Waals surface area contributed by atoms with Crippen molar-refractivity contribution in [3.8, 4) is 5.92 Å². The van der Waals surface area contributed by atoms with E-state index in [9.17, 15) is 8.78 Å². The van der Waals surface area contributed by atoms with Crippen LogP contribution in [0.4, 0.5) is 8.78 Å². The molecule has 0 aliphatic rings. The van der Waals surface area contributed by atoms with Gasteiger partial charge in [0.2, 0.25) is 0 Å². The second-order valence-corrected chi connectivity index (χ2v) is 1.75. The first-order valence-electron chi connectivity index (χ1n) is 2.62. The second kappa shape index (κ2) is 2.49. The Morgan fingerprint density at radius 2 is 2.00 bits per heavy atom. The van der Waals surface area contributed by atoms with Crippen molar-refractivity contribution in [2.24, 2.45) is 0 Å². The Kier molecular flexibility index (Phi) is 1.68. The lowest BCUT2D eigenvalue weighted by molar-refractivity contribution is 0.581. The Morgan fingerprint density at radius 1 is 1.30 bits per heavy atom. The van der Waals surface area contributed by atoms with Gasteiger partial charge in [0.1, 0.15) is 5.82 Å². The maximum Gasteiger partial charge on any atom is 0.123 e. The van der Waals surface area contributed by atoms with Crippen LogP contribution in [-0.4, -0.2) is 0 Å². The lowest BCUT2D eigenvalue weighted by Gasteiger charge is -2.00. The first kappa shape index (κ1) is 6.76. The lowest BCUT2D eigenvalue weighted by Crippen LogP contribution is -1.83. The minimum Gasteiger partial charge on any atom is -0.366 e. The number of rotatable bonds is 0. The summed E-state index contributed by atoms with van der Waals surface area (Å²) in [5.41, 5.74) is -0.0265. The highest BCUT2D eigenvalue weighted by atomic mass is 19.1. The van der Waals surface area contributed by atoms with Gasteiger partial charge in [-0.1, -0.05) is 5.56 Å². The van der Waals surface area contributed by atoms with Crippen LogP contribution in [0.3, 0.4) is 0 Å². The van der Waals surface area contributed by atoms with Crippen molar-refractivity contribution >= 4 is 0 Å². The molecule has 0 nitrogen and oxygen atoms in total. The van der Waals surface area contributed by atoms with Crippen molar-refractivity contribution < 1.29 is 8.78 Å². The van der Waals surface area contributed by atoms with Gasteiger partial charge in [0.05, 0.1) is 5.82 Å². The zero-order valence-corrected chi connectivity index (χ0v) is 4.99. The van der Waals surface area contributed by atoms with Gasteiger partial charge in [-0.05, 0) is 12.1 Å². The highest BCUT2D eigenvalue weighted by molar-refractivity contribution is 5.31. The first-order valence-corrected chi connectivity index (χ1v) is 2.62. The highest BCUT2D eigenvalue weighted by Gasteiger charge is 1.91. The Morgan fingerprint density at radius 3 is 2.50 bits per heavy atom. The molecule has 0 saturated carbocycles. The molecule has 0 heterocycles. The molecule has 0 N–H and O–H groups in total. The largest absolute Gasteiger partial charge is 0.366 e. The van der Waals surface area contributed by atoms with Crippen LogP contribution in [-0.2, 0) is 0 Å². The van der Waals surface area contributed by atoms with Gasteiger partial charge in [0, 0.05) is 0 Å². The van der Waals surface area contributed by atoms with Crippen molar-refractivity contribution in [3.05, 3.63) is 41.8 Å². The van der Waals surface area contributed by atoms with E-state index < -0.39 is 11.6 Å². The van der Waals surface area contributed by atoms with Gasteiger partial charge >= 0.3 is 0 Å². The molecule has 0 fully saturated rings. The fraction of sp³-hybridized carbons (Fsp3) is 0. The smallest absolute Gasteiger partial charge is 0.123 e. The van der Waals surface area contributed by atoms with Gasteiger partial charge < -0.3 is 6.42 Å². The van der Waals surface area contributed by atoms with Crippen molar-refractivity contribution in [1.29, 1.82) is 0 Å². The lowest BCUT2D eigenvalue weighted by atomic mass is 10.2. The summed E-state index contributed by atoms with van der Waals surface area (Å²) >= 11 is 0. The average Bonchev–Trinajstić information content (AvgIpc) is 1.88. The second-order valence-electron chi connectivity index (χ2n) is 1.75. The highest BCUT2D eigenvalue weighted by Crippen LogP contribution is 2.06. The summed E-state index contributed by atoms with van der Waals surface area (Å²) in [4.78, 5) is 0. The SMILES string of the molecule is [C-]#Cc1ccc(F)cc1F. The molecule has 0 atom stereocenters. The predicted octanol–water partition coefficient (Wildman–Crippen LogP) is 1.90. The molecule has 0 radical (unpaired) electrons. The third-order valence-corrected chi connectivity index (χ3v) is 1.07. The predicted molar refractivity (Wildman–Crippen MR) is 32.6 cm³/mol. The van der Waals surface area contributed by atoms with E-state index in [1.54, 1.807) is 0 Å². The van der Waals surface area contributed by atoms with Crippen molar-refractivity contribution in [2.75, 3.05) is 0 Å². The Hall–Kier alpha value is -1.36. The van der Waals surface area contributed by atoms with Gasteiger partial charge in [-0.25, -0.2) is 8.78 Å². The summed E-state index contributed by atoms with van der Waals surface area (Å²) in [5.74, 6) is 0.434. The molecule has 0 amide bonds. The van der Waals surface area contributed by atoms with E-state index >= 15 is 0 Å². The molecule has 10 heavy (non-hydrogen) atoms. The van der Waals surface area contributed by atoms with Gasteiger partial charge in [-0.3, -0.25) is 5.92 Å². The topological polar surface area (TPSA) is 0 Å². The molecule has 0 spiro atoms. The van der Waals surface area contributed by atoms with E-state index in [0.717, 1.165) is 18.2 Å². The van der Waals surface area contributed by atoms with Crippen molar-refractivity contribution in [3.63, 3.8) is 0 Å². The van der Waals surface area contributed by atoms with E-state index in [-0.39, 0.29) is 5.56 Å². The molecule has 1 aromatic rings. The third kappa shape index (κ3) is 1.14. The molecule has 1 aromatic carbocycles. The zero-order chi connectivity index (χ0) is 7.56. The number of hydrogen-bond donors (Lipinski definition) is 0. The average molecular weight is 137 g/mol. The van der Waals surface area contributed by atoms with Gasteiger partial charge in [0.15, 0.2) is 0 Å². The summed E-state index contributed by atoms with van der Waals surface area (Å²) in [6.45, 7) is 0. The molecular weight excluding hydrogens is 134 g/mol. The van der Waals surface area contributed by atoms with Crippen molar-refractivity contribution in [2.45, 2.75) is 0 Å². The zero-order valence-electron chi connectivity index (χ0n) is 4.99. The van der Waals surface area contributed by atoms with Crippen LogP contribution >= 0.6 is 0 Å². The van der Waals surface area contributed by atoms with Gasteiger partial charge in [-0.15, -0.1) is 6.07 Å². The number of benzene rings is 1. The Balaban J connectivity index is 3.23. The molecule has 0 bridgehead atoms. The first-order chi connectivity index (χ1) is 4.74. The summed E-state index contributed by atoms with van der Waals surface area (Å²) in [6.07, 6.45) is 6.54.